The first-order valence-corrected chi connectivity index (χ1v) is 10.6. The van der Waals surface area contributed by atoms with E-state index in [1.165, 1.54) is 0 Å². The van der Waals surface area contributed by atoms with Crippen molar-refractivity contribution in [2.45, 2.75) is 22.0 Å². The van der Waals surface area contributed by atoms with Crippen LogP contribution in [-0.4, -0.2) is 45.7 Å². The summed E-state index contributed by atoms with van der Waals surface area (Å²) >= 11 is 14.4. The fraction of sp³-hybridized carbons (Fsp3) is 0.333. The highest BCUT2D eigenvalue weighted by Crippen LogP contribution is 2.27. The summed E-state index contributed by atoms with van der Waals surface area (Å²) in [5.41, 5.74) is 2.30. The molecule has 2 aromatic carbocycles. The van der Waals surface area contributed by atoms with E-state index in [1.807, 2.05) is 0 Å². The summed E-state index contributed by atoms with van der Waals surface area (Å²) < 4.78 is 0. The van der Waals surface area contributed by atoms with E-state index in [-0.39, 0.29) is 11.8 Å². The number of hydrogen-bond donors (Lipinski definition) is 2. The van der Waals surface area contributed by atoms with Gasteiger partial charge in [-0.15, -0.1) is 46.7 Å². The van der Waals surface area contributed by atoms with Crippen molar-refractivity contribution in [1.29, 1.82) is 0 Å². The topological polar surface area (TPSA) is 40.5 Å². The lowest BCUT2D eigenvalue weighted by Gasteiger charge is -2.09. The third kappa shape index (κ3) is 6.51. The Balaban J connectivity index is 1.93. The zero-order chi connectivity index (χ0) is 17.4. The molecule has 0 aliphatic rings. The van der Waals surface area contributed by atoms with Gasteiger partial charge in [0, 0.05) is 33.1 Å². The summed E-state index contributed by atoms with van der Waals surface area (Å²) in [6.45, 7) is 0. The molecule has 0 spiro atoms. The number of rotatable bonds is 9. The van der Waals surface area contributed by atoms with E-state index < -0.39 is 12.2 Å². The second-order valence-corrected chi connectivity index (χ2v) is 8.09. The molecule has 0 radical (unpaired) electrons. The van der Waals surface area contributed by atoms with Crippen molar-refractivity contribution in [3.05, 3.63) is 48.5 Å². The molecule has 0 bridgehead atoms. The zero-order valence-corrected chi connectivity index (χ0v) is 16.2. The monoisotopic (exact) mass is 402 g/mol. The summed E-state index contributed by atoms with van der Waals surface area (Å²) in [4.78, 5) is 2.23. The summed E-state index contributed by atoms with van der Waals surface area (Å²) in [6, 6.07) is 16.5. The molecule has 0 saturated carbocycles. The molecule has 130 valence electrons. The van der Waals surface area contributed by atoms with Gasteiger partial charge in [-0.25, -0.2) is 0 Å². The zero-order valence-electron chi connectivity index (χ0n) is 13.1. The van der Waals surface area contributed by atoms with E-state index in [0.29, 0.717) is 11.5 Å². The predicted octanol–water partition coefficient (Wildman–Crippen LogP) is 4.74. The lowest BCUT2D eigenvalue weighted by Crippen LogP contribution is -2.10. The average Bonchev–Trinajstić information content (AvgIpc) is 2.65. The molecular formula is C18H20Cl2O2S2. The average molecular weight is 403 g/mol. The summed E-state index contributed by atoms with van der Waals surface area (Å²) in [5, 5.41) is 19.0. The van der Waals surface area contributed by atoms with Crippen LogP contribution >= 0.6 is 46.7 Å². The van der Waals surface area contributed by atoms with Crippen LogP contribution in [0.5, 0.6) is 0 Å². The Bertz CT molecular complexity index is 550. The number of hydrogen-bond acceptors (Lipinski definition) is 4. The third-order valence-electron chi connectivity index (χ3n) is 3.28. The van der Waals surface area contributed by atoms with Crippen LogP contribution in [0.25, 0.3) is 11.1 Å². The number of alkyl halides is 2. The van der Waals surface area contributed by atoms with Crippen LogP contribution in [0.3, 0.4) is 0 Å². The molecule has 0 amide bonds. The van der Waals surface area contributed by atoms with Gasteiger partial charge in [0.05, 0.1) is 12.2 Å². The molecular weight excluding hydrogens is 383 g/mol. The van der Waals surface area contributed by atoms with Crippen molar-refractivity contribution in [2.75, 3.05) is 23.3 Å². The third-order valence-corrected chi connectivity index (χ3v) is 6.31. The smallest absolute Gasteiger partial charge is 0.0769 e. The number of thioether (sulfide) groups is 2. The van der Waals surface area contributed by atoms with E-state index >= 15 is 0 Å². The van der Waals surface area contributed by atoms with Crippen molar-refractivity contribution >= 4 is 46.7 Å². The first kappa shape index (κ1) is 20.0. The minimum Gasteiger partial charge on any atom is -0.391 e. The van der Waals surface area contributed by atoms with Gasteiger partial charge in [-0.05, 0) is 35.4 Å². The van der Waals surface area contributed by atoms with Gasteiger partial charge in [0.25, 0.3) is 0 Å². The molecule has 2 aromatic rings. The largest absolute Gasteiger partial charge is 0.391 e. The number of aliphatic hydroxyl groups excluding tert-OH is 2. The first-order valence-electron chi connectivity index (χ1n) is 7.56. The van der Waals surface area contributed by atoms with Crippen LogP contribution in [0.15, 0.2) is 58.3 Å². The van der Waals surface area contributed by atoms with Gasteiger partial charge in [-0.2, -0.15) is 0 Å². The van der Waals surface area contributed by atoms with Crippen LogP contribution < -0.4 is 0 Å². The summed E-state index contributed by atoms with van der Waals surface area (Å²) in [5.74, 6) is 1.72. The molecule has 2 nitrogen and oxygen atoms in total. The van der Waals surface area contributed by atoms with Crippen molar-refractivity contribution in [3.8, 4) is 11.1 Å². The van der Waals surface area contributed by atoms with Gasteiger partial charge < -0.3 is 10.2 Å². The van der Waals surface area contributed by atoms with Crippen molar-refractivity contribution < 1.29 is 10.2 Å². The van der Waals surface area contributed by atoms with Crippen molar-refractivity contribution in [3.63, 3.8) is 0 Å². The minimum absolute atomic E-state index is 0.261. The molecule has 24 heavy (non-hydrogen) atoms. The van der Waals surface area contributed by atoms with Crippen LogP contribution in [0.2, 0.25) is 0 Å². The van der Waals surface area contributed by atoms with Gasteiger partial charge >= 0.3 is 0 Å². The molecule has 0 heterocycles. The van der Waals surface area contributed by atoms with E-state index in [9.17, 15) is 10.2 Å². The Morgan fingerprint density at radius 3 is 1.29 bits per heavy atom. The summed E-state index contributed by atoms with van der Waals surface area (Å²) in [6.07, 6.45) is -0.947. The highest BCUT2D eigenvalue weighted by Gasteiger charge is 2.05. The van der Waals surface area contributed by atoms with Gasteiger partial charge in [0.2, 0.25) is 0 Å². The molecule has 0 aromatic heterocycles. The van der Waals surface area contributed by atoms with E-state index in [2.05, 4.69) is 48.5 Å². The van der Waals surface area contributed by atoms with Crippen LogP contribution in [0.4, 0.5) is 0 Å². The molecule has 2 atom stereocenters. The Morgan fingerprint density at radius 2 is 1.00 bits per heavy atom. The second-order valence-electron chi connectivity index (χ2n) is 5.29. The van der Waals surface area contributed by atoms with Gasteiger partial charge in [0.1, 0.15) is 0 Å². The Morgan fingerprint density at radius 1 is 0.667 bits per heavy atom. The fourth-order valence-electron chi connectivity index (χ4n) is 1.96. The maximum Gasteiger partial charge on any atom is 0.0769 e. The van der Waals surface area contributed by atoms with Gasteiger partial charge in [-0.3, -0.25) is 0 Å². The van der Waals surface area contributed by atoms with E-state index in [4.69, 9.17) is 23.2 Å². The molecule has 2 rings (SSSR count). The standard InChI is InChI=1S/C18H20Cl2O2S2/c19-9-15(21)11-23-17-5-1-13(2-6-17)14-3-7-18(8-4-14)24-12-16(22)10-20/h1-8,15-16,21-22H,9-12H2. The molecule has 0 aliphatic carbocycles. The maximum atomic E-state index is 9.49. The molecule has 2 N–H and O–H groups in total. The second kappa shape index (κ2) is 10.6. The molecule has 0 fully saturated rings. The first-order chi connectivity index (χ1) is 11.6. The number of benzene rings is 2. The quantitative estimate of drug-likeness (QED) is 0.469. The number of aliphatic hydroxyl groups is 2. The highest BCUT2D eigenvalue weighted by atomic mass is 35.5. The Kier molecular flexibility index (Phi) is 8.81. The molecule has 6 heteroatoms. The van der Waals surface area contributed by atoms with Crippen LogP contribution in [0.1, 0.15) is 0 Å². The van der Waals surface area contributed by atoms with E-state index in [0.717, 1.165) is 20.9 Å². The maximum absolute atomic E-state index is 9.49. The normalized spacial score (nSPS) is 13.7. The van der Waals surface area contributed by atoms with Gasteiger partial charge in [0.15, 0.2) is 0 Å². The number of halogens is 2. The van der Waals surface area contributed by atoms with Gasteiger partial charge in [-0.1, -0.05) is 24.3 Å². The molecule has 0 saturated heterocycles. The van der Waals surface area contributed by atoms with E-state index in [1.54, 1.807) is 23.5 Å². The predicted molar refractivity (Wildman–Crippen MR) is 107 cm³/mol. The lowest BCUT2D eigenvalue weighted by atomic mass is 10.1. The van der Waals surface area contributed by atoms with Crippen molar-refractivity contribution in [2.24, 2.45) is 0 Å². The highest BCUT2D eigenvalue weighted by molar-refractivity contribution is 7.99. The van der Waals surface area contributed by atoms with Crippen LogP contribution in [-0.2, 0) is 0 Å². The lowest BCUT2D eigenvalue weighted by molar-refractivity contribution is 0.223. The SMILES string of the molecule is OC(CCl)CSc1ccc(-c2ccc(SCC(O)CCl)cc2)cc1. The molecule has 0 aliphatic heterocycles. The Labute approximate surface area is 161 Å². The fourth-order valence-corrected chi connectivity index (χ4v) is 4.10. The van der Waals surface area contributed by atoms with Crippen molar-refractivity contribution in [1.82, 2.24) is 0 Å². The minimum atomic E-state index is -0.473. The Hall–Kier alpha value is -0.360. The molecule has 2 unspecified atom stereocenters. The summed E-state index contributed by atoms with van der Waals surface area (Å²) in [7, 11) is 0. The van der Waals surface area contributed by atoms with Crippen LogP contribution in [0, 0.1) is 0 Å².